The summed E-state index contributed by atoms with van der Waals surface area (Å²) in [5.74, 6) is 0.270. The van der Waals surface area contributed by atoms with Crippen LogP contribution in [0.25, 0.3) is 0 Å². The minimum absolute atomic E-state index is 0.00148. The summed E-state index contributed by atoms with van der Waals surface area (Å²) in [7, 11) is 4.01. The quantitative estimate of drug-likeness (QED) is 0.865. The monoisotopic (exact) mass is 249 g/mol. The van der Waals surface area contributed by atoms with E-state index in [1.165, 1.54) is 6.42 Å². The molecular weight excluding hydrogens is 226 g/mol. The highest BCUT2D eigenvalue weighted by atomic mass is 16.3. The summed E-state index contributed by atoms with van der Waals surface area (Å²) in [6, 6.07) is 7.20. The Balaban J connectivity index is 2.30. The van der Waals surface area contributed by atoms with Crippen molar-refractivity contribution >= 4 is 0 Å². The van der Waals surface area contributed by atoms with Crippen molar-refractivity contribution in [3.63, 3.8) is 0 Å². The van der Waals surface area contributed by atoms with Gasteiger partial charge in [-0.1, -0.05) is 31.4 Å². The van der Waals surface area contributed by atoms with E-state index in [2.05, 4.69) is 4.90 Å². The van der Waals surface area contributed by atoms with Crippen molar-refractivity contribution in [1.29, 1.82) is 0 Å². The fourth-order valence-corrected chi connectivity index (χ4v) is 3.18. The predicted octanol–water partition coefficient (Wildman–Crippen LogP) is 2.69. The van der Waals surface area contributed by atoms with Gasteiger partial charge >= 0.3 is 0 Å². The molecule has 1 unspecified atom stereocenters. The smallest absolute Gasteiger partial charge is 0.115 e. The van der Waals surface area contributed by atoms with E-state index in [0.717, 1.165) is 31.2 Å². The Hall–Kier alpha value is -1.06. The lowest BCUT2D eigenvalue weighted by molar-refractivity contribution is -0.0622. The van der Waals surface area contributed by atoms with Crippen LogP contribution in [0.4, 0.5) is 0 Å². The molecule has 1 fully saturated rings. The molecule has 0 heterocycles. The largest absolute Gasteiger partial charge is 0.508 e. The first-order valence-corrected chi connectivity index (χ1v) is 6.71. The second-order valence-corrected chi connectivity index (χ2v) is 5.62. The number of rotatable bonds is 3. The summed E-state index contributed by atoms with van der Waals surface area (Å²) in [5, 5.41) is 20.3. The summed E-state index contributed by atoms with van der Waals surface area (Å²) in [4.78, 5) is 2.08. The first kappa shape index (κ1) is 13.4. The van der Waals surface area contributed by atoms with Crippen LogP contribution in [0.2, 0.25) is 0 Å². The molecule has 100 valence electrons. The molecule has 3 nitrogen and oxygen atoms in total. The average Bonchev–Trinajstić information content (AvgIpc) is 2.32. The Bertz CT molecular complexity index is 380. The van der Waals surface area contributed by atoms with Gasteiger partial charge in [0.1, 0.15) is 5.75 Å². The number of benzene rings is 1. The molecule has 2 rings (SSSR count). The third-order valence-corrected chi connectivity index (χ3v) is 3.95. The van der Waals surface area contributed by atoms with E-state index in [9.17, 15) is 10.2 Å². The molecule has 0 aromatic heterocycles. The van der Waals surface area contributed by atoms with Crippen LogP contribution in [-0.4, -0.2) is 34.8 Å². The number of aliphatic hydroxyl groups is 1. The molecule has 0 aliphatic heterocycles. The van der Waals surface area contributed by atoms with Crippen LogP contribution in [0.15, 0.2) is 24.3 Å². The normalized spacial score (nSPS) is 20.9. The molecule has 3 heteroatoms. The van der Waals surface area contributed by atoms with Gasteiger partial charge in [0.25, 0.3) is 0 Å². The van der Waals surface area contributed by atoms with E-state index in [1.54, 1.807) is 12.1 Å². The summed E-state index contributed by atoms with van der Waals surface area (Å²) in [5.41, 5.74) is 0.431. The predicted molar refractivity (Wildman–Crippen MR) is 72.6 cm³/mol. The van der Waals surface area contributed by atoms with Crippen LogP contribution in [-0.2, 0) is 0 Å². The van der Waals surface area contributed by atoms with Crippen LogP contribution < -0.4 is 0 Å². The molecule has 0 spiro atoms. The third kappa shape index (κ3) is 2.68. The van der Waals surface area contributed by atoms with Crippen LogP contribution in [0.1, 0.15) is 43.7 Å². The highest BCUT2D eigenvalue weighted by Crippen LogP contribution is 2.41. The molecule has 1 aromatic carbocycles. The average molecular weight is 249 g/mol. The zero-order valence-corrected chi connectivity index (χ0v) is 11.3. The Labute approximate surface area is 109 Å². The second kappa shape index (κ2) is 5.29. The molecule has 2 N–H and O–H groups in total. The second-order valence-electron chi connectivity index (χ2n) is 5.62. The molecular formula is C15H23NO2. The molecule has 1 aliphatic rings. The van der Waals surface area contributed by atoms with E-state index >= 15 is 0 Å². The van der Waals surface area contributed by atoms with Crippen molar-refractivity contribution < 1.29 is 10.2 Å². The molecule has 0 bridgehead atoms. The van der Waals surface area contributed by atoms with E-state index in [-0.39, 0.29) is 11.8 Å². The number of nitrogens with zero attached hydrogens (tertiary/aromatic N) is 1. The first-order valence-electron chi connectivity index (χ1n) is 6.71. The van der Waals surface area contributed by atoms with Gasteiger partial charge in [-0.2, -0.15) is 0 Å². The van der Waals surface area contributed by atoms with E-state index in [0.29, 0.717) is 0 Å². The molecule has 0 radical (unpaired) electrons. The minimum atomic E-state index is -0.640. The van der Waals surface area contributed by atoms with Crippen molar-refractivity contribution in [1.82, 2.24) is 4.90 Å². The zero-order chi connectivity index (χ0) is 13.2. The maximum absolute atomic E-state index is 10.9. The fourth-order valence-electron chi connectivity index (χ4n) is 3.18. The maximum Gasteiger partial charge on any atom is 0.115 e. The summed E-state index contributed by atoms with van der Waals surface area (Å²) in [6.07, 6.45) is 5.13. The number of likely N-dealkylation sites (N-methyl/N-ethyl adjacent to an activating group) is 1. The Morgan fingerprint density at radius 2 is 1.61 bits per heavy atom. The number of phenolic OH excluding ortho intramolecular Hbond substituents is 1. The van der Waals surface area contributed by atoms with Gasteiger partial charge in [0.2, 0.25) is 0 Å². The van der Waals surface area contributed by atoms with Gasteiger partial charge in [-0.3, -0.25) is 4.90 Å². The van der Waals surface area contributed by atoms with Gasteiger partial charge in [-0.05, 0) is 44.6 Å². The lowest BCUT2D eigenvalue weighted by Gasteiger charge is -2.42. The Morgan fingerprint density at radius 3 is 2.11 bits per heavy atom. The molecule has 1 aliphatic carbocycles. The van der Waals surface area contributed by atoms with Crippen molar-refractivity contribution in [2.75, 3.05) is 14.1 Å². The Kier molecular flexibility index (Phi) is 3.93. The van der Waals surface area contributed by atoms with Gasteiger partial charge in [-0.25, -0.2) is 0 Å². The molecule has 1 saturated carbocycles. The summed E-state index contributed by atoms with van der Waals surface area (Å²) in [6.45, 7) is 0. The van der Waals surface area contributed by atoms with Crippen molar-refractivity contribution in [3.8, 4) is 5.75 Å². The van der Waals surface area contributed by atoms with Crippen LogP contribution in [0.3, 0.4) is 0 Å². The fraction of sp³-hybridized carbons (Fsp3) is 0.600. The summed E-state index contributed by atoms with van der Waals surface area (Å²) >= 11 is 0. The molecule has 0 saturated heterocycles. The van der Waals surface area contributed by atoms with E-state index in [1.807, 2.05) is 26.2 Å². The molecule has 18 heavy (non-hydrogen) atoms. The van der Waals surface area contributed by atoms with Crippen molar-refractivity contribution in [2.45, 2.75) is 43.7 Å². The standard InChI is InChI=1S/C15H23NO2/c1-16(2)14(12-6-8-13(17)9-7-12)15(18)10-4-3-5-11-15/h6-9,14,17-18H,3-5,10-11H2,1-2H3. The number of phenols is 1. The molecule has 1 atom stereocenters. The number of aromatic hydroxyl groups is 1. The van der Waals surface area contributed by atoms with Gasteiger partial charge < -0.3 is 10.2 Å². The van der Waals surface area contributed by atoms with Crippen molar-refractivity contribution in [3.05, 3.63) is 29.8 Å². The lowest BCUT2D eigenvalue weighted by atomic mass is 9.76. The van der Waals surface area contributed by atoms with Crippen LogP contribution in [0, 0.1) is 0 Å². The van der Waals surface area contributed by atoms with Crippen molar-refractivity contribution in [2.24, 2.45) is 0 Å². The third-order valence-electron chi connectivity index (χ3n) is 3.95. The first-order chi connectivity index (χ1) is 8.53. The molecule has 0 amide bonds. The van der Waals surface area contributed by atoms with Crippen LogP contribution >= 0.6 is 0 Å². The number of hydrogen-bond acceptors (Lipinski definition) is 3. The zero-order valence-electron chi connectivity index (χ0n) is 11.3. The van der Waals surface area contributed by atoms with E-state index in [4.69, 9.17) is 0 Å². The summed E-state index contributed by atoms with van der Waals surface area (Å²) < 4.78 is 0. The molecule has 1 aromatic rings. The maximum atomic E-state index is 10.9. The van der Waals surface area contributed by atoms with Gasteiger partial charge in [-0.15, -0.1) is 0 Å². The van der Waals surface area contributed by atoms with Gasteiger partial charge in [0.05, 0.1) is 11.6 Å². The highest BCUT2D eigenvalue weighted by Gasteiger charge is 2.39. The topological polar surface area (TPSA) is 43.7 Å². The lowest BCUT2D eigenvalue weighted by Crippen LogP contribution is -2.44. The Morgan fingerprint density at radius 1 is 1.06 bits per heavy atom. The van der Waals surface area contributed by atoms with Crippen LogP contribution in [0.5, 0.6) is 5.75 Å². The SMILES string of the molecule is CN(C)C(c1ccc(O)cc1)C1(O)CCCCC1. The van der Waals surface area contributed by atoms with E-state index < -0.39 is 5.60 Å². The van der Waals surface area contributed by atoms with Gasteiger partial charge in [0, 0.05) is 0 Å². The van der Waals surface area contributed by atoms with Gasteiger partial charge in [0.15, 0.2) is 0 Å². The highest BCUT2D eigenvalue weighted by molar-refractivity contribution is 5.29. The minimum Gasteiger partial charge on any atom is -0.508 e. The number of hydrogen-bond donors (Lipinski definition) is 2.